The SMILES string of the molecule is CCC(C=CC(C)C1CC=C2C3=C(CCC21C)C1(C)CCC(OC2OCC(O)C(O)C2O)CC1(O)CC3)C(C)C. The molecule has 1 heterocycles. The number of aliphatic hydroxyl groups excluding tert-OH is 3. The Bertz CT molecular complexity index is 1030. The van der Waals surface area contributed by atoms with Crippen LogP contribution in [0.3, 0.4) is 0 Å². The Morgan fingerprint density at radius 2 is 1.80 bits per heavy atom. The van der Waals surface area contributed by atoms with Crippen LogP contribution in [0.5, 0.6) is 0 Å². The van der Waals surface area contributed by atoms with Crippen molar-refractivity contribution >= 4 is 0 Å². The Morgan fingerprint density at radius 3 is 2.50 bits per heavy atom. The van der Waals surface area contributed by atoms with Gasteiger partial charge < -0.3 is 29.9 Å². The van der Waals surface area contributed by atoms with E-state index in [9.17, 15) is 20.4 Å². The number of aliphatic hydroxyl groups is 4. The van der Waals surface area contributed by atoms with Gasteiger partial charge in [-0.1, -0.05) is 65.3 Å². The maximum absolute atomic E-state index is 12.1. The monoisotopic (exact) mass is 558 g/mol. The lowest BCUT2D eigenvalue weighted by Crippen LogP contribution is -2.59. The van der Waals surface area contributed by atoms with Gasteiger partial charge in [-0.25, -0.2) is 0 Å². The smallest absolute Gasteiger partial charge is 0.186 e. The van der Waals surface area contributed by atoms with Crippen LogP contribution in [0.4, 0.5) is 0 Å². The van der Waals surface area contributed by atoms with Crippen LogP contribution in [0.1, 0.15) is 99.3 Å². The van der Waals surface area contributed by atoms with E-state index in [1.54, 1.807) is 5.57 Å². The number of rotatable bonds is 7. The fraction of sp³-hybridized carbons (Fsp3) is 0.824. The van der Waals surface area contributed by atoms with Gasteiger partial charge in [0.15, 0.2) is 6.29 Å². The van der Waals surface area contributed by atoms with E-state index in [4.69, 9.17) is 9.47 Å². The van der Waals surface area contributed by atoms with Crippen LogP contribution in [0.2, 0.25) is 0 Å². The summed E-state index contributed by atoms with van der Waals surface area (Å²) in [6, 6.07) is 0. The molecule has 0 amide bonds. The molecule has 1 saturated heterocycles. The lowest BCUT2D eigenvalue weighted by molar-refractivity contribution is -0.293. The molecule has 0 radical (unpaired) electrons. The van der Waals surface area contributed by atoms with Crippen LogP contribution in [-0.2, 0) is 9.47 Å². The lowest BCUT2D eigenvalue weighted by atomic mass is 9.50. The molecule has 0 spiro atoms. The first-order valence-corrected chi connectivity index (χ1v) is 16.0. The molecule has 2 fully saturated rings. The van der Waals surface area contributed by atoms with E-state index in [1.807, 2.05) is 0 Å². The molecule has 6 heteroatoms. The molecule has 0 aromatic heterocycles. The Balaban J connectivity index is 1.31. The summed E-state index contributed by atoms with van der Waals surface area (Å²) in [6.45, 7) is 14.0. The van der Waals surface area contributed by atoms with E-state index in [2.05, 4.69) is 59.8 Å². The van der Waals surface area contributed by atoms with E-state index in [0.717, 1.165) is 38.5 Å². The average molecular weight is 559 g/mol. The molecule has 40 heavy (non-hydrogen) atoms. The van der Waals surface area contributed by atoms with Crippen LogP contribution in [0, 0.1) is 34.5 Å². The first kappa shape index (κ1) is 30.4. The molecule has 4 aliphatic carbocycles. The van der Waals surface area contributed by atoms with Crippen molar-refractivity contribution in [3.05, 3.63) is 34.9 Å². The number of fused-ring (bicyclic) bond motifs is 4. The zero-order chi connectivity index (χ0) is 29.0. The largest absolute Gasteiger partial charge is 0.389 e. The van der Waals surface area contributed by atoms with Crippen molar-refractivity contribution in [3.8, 4) is 0 Å². The highest BCUT2D eigenvalue weighted by molar-refractivity contribution is 5.50. The number of allylic oxidation sites excluding steroid dienone is 5. The molecule has 5 rings (SSSR count). The van der Waals surface area contributed by atoms with Crippen LogP contribution in [-0.4, -0.2) is 63.3 Å². The van der Waals surface area contributed by atoms with Crippen LogP contribution < -0.4 is 0 Å². The molecular weight excluding hydrogens is 504 g/mol. The summed E-state index contributed by atoms with van der Waals surface area (Å²) in [5.41, 5.74) is 3.57. The third-order valence-corrected chi connectivity index (χ3v) is 12.0. The Kier molecular flexibility index (Phi) is 8.55. The topological polar surface area (TPSA) is 99.4 Å². The van der Waals surface area contributed by atoms with E-state index in [0.29, 0.717) is 36.5 Å². The molecule has 5 aliphatic rings. The van der Waals surface area contributed by atoms with E-state index >= 15 is 0 Å². The van der Waals surface area contributed by atoms with Gasteiger partial charge in [0.1, 0.15) is 18.3 Å². The summed E-state index contributed by atoms with van der Waals surface area (Å²) in [4.78, 5) is 0. The third kappa shape index (κ3) is 4.99. The molecule has 11 unspecified atom stereocenters. The zero-order valence-electron chi connectivity index (χ0n) is 25.6. The van der Waals surface area contributed by atoms with E-state index in [1.165, 1.54) is 17.6 Å². The van der Waals surface area contributed by atoms with E-state index < -0.39 is 30.2 Å². The number of hydrogen-bond donors (Lipinski definition) is 4. The fourth-order valence-corrected chi connectivity index (χ4v) is 9.13. The zero-order valence-corrected chi connectivity index (χ0v) is 25.6. The normalized spacial score (nSPS) is 45.2. The molecule has 0 bridgehead atoms. The summed E-state index contributed by atoms with van der Waals surface area (Å²) in [6.07, 6.45) is 10.7. The fourth-order valence-electron chi connectivity index (χ4n) is 9.13. The second kappa shape index (κ2) is 11.2. The first-order chi connectivity index (χ1) is 18.8. The maximum Gasteiger partial charge on any atom is 0.186 e. The summed E-state index contributed by atoms with van der Waals surface area (Å²) >= 11 is 0. The van der Waals surface area contributed by atoms with Crippen molar-refractivity contribution in [3.63, 3.8) is 0 Å². The van der Waals surface area contributed by atoms with Gasteiger partial charge in [0, 0.05) is 11.8 Å². The number of ether oxygens (including phenoxy) is 2. The van der Waals surface area contributed by atoms with Gasteiger partial charge in [0.25, 0.3) is 0 Å². The molecule has 1 aliphatic heterocycles. The van der Waals surface area contributed by atoms with Crippen molar-refractivity contribution in [2.75, 3.05) is 6.61 Å². The van der Waals surface area contributed by atoms with Crippen molar-refractivity contribution in [2.24, 2.45) is 34.5 Å². The predicted octanol–water partition coefficient (Wildman–Crippen LogP) is 5.44. The first-order valence-electron chi connectivity index (χ1n) is 16.0. The molecule has 0 aromatic carbocycles. The van der Waals surface area contributed by atoms with Crippen LogP contribution in [0.15, 0.2) is 34.9 Å². The molecule has 6 nitrogen and oxygen atoms in total. The minimum Gasteiger partial charge on any atom is -0.389 e. The highest BCUT2D eigenvalue weighted by Crippen LogP contribution is 2.65. The quantitative estimate of drug-likeness (QED) is 0.311. The van der Waals surface area contributed by atoms with Crippen molar-refractivity contribution in [1.82, 2.24) is 0 Å². The summed E-state index contributed by atoms with van der Waals surface area (Å²) in [7, 11) is 0. The summed E-state index contributed by atoms with van der Waals surface area (Å²) < 4.78 is 11.6. The van der Waals surface area contributed by atoms with Crippen LogP contribution in [0.25, 0.3) is 0 Å². The van der Waals surface area contributed by atoms with Gasteiger partial charge in [0.2, 0.25) is 0 Å². The Labute approximate surface area is 241 Å². The van der Waals surface area contributed by atoms with Crippen molar-refractivity contribution in [1.29, 1.82) is 0 Å². The molecule has 0 aromatic rings. The van der Waals surface area contributed by atoms with Gasteiger partial charge in [-0.2, -0.15) is 0 Å². The van der Waals surface area contributed by atoms with E-state index in [-0.39, 0.29) is 23.5 Å². The van der Waals surface area contributed by atoms with Gasteiger partial charge in [-0.15, -0.1) is 0 Å². The highest BCUT2D eigenvalue weighted by Gasteiger charge is 2.59. The minimum absolute atomic E-state index is 0.0754. The van der Waals surface area contributed by atoms with Gasteiger partial charge in [0.05, 0.1) is 18.3 Å². The third-order valence-electron chi connectivity index (χ3n) is 12.0. The molecule has 4 N–H and O–H groups in total. The Morgan fingerprint density at radius 1 is 1.05 bits per heavy atom. The standard InChI is InChI=1S/C34H54O6/c1-7-22(20(2)3)9-8-21(4)25-10-11-26-24-13-17-34(38)18-23(40-31-30(37)29(36)28(35)19-39-31)12-16-33(34,6)27(24)14-15-32(25,26)5/h8-9,11,20-23,25,28-31,35-38H,7,10,12-19H2,1-6H3. The van der Waals surface area contributed by atoms with Crippen LogP contribution >= 0.6 is 0 Å². The molecule has 226 valence electrons. The maximum atomic E-state index is 12.1. The molecule has 1 saturated carbocycles. The predicted molar refractivity (Wildman–Crippen MR) is 156 cm³/mol. The average Bonchev–Trinajstić information content (AvgIpc) is 3.27. The van der Waals surface area contributed by atoms with Gasteiger partial charge in [-0.05, 0) is 91.6 Å². The van der Waals surface area contributed by atoms with Crippen molar-refractivity contribution in [2.45, 2.75) is 136 Å². The molecular formula is C34H54O6. The van der Waals surface area contributed by atoms with Gasteiger partial charge >= 0.3 is 0 Å². The highest BCUT2D eigenvalue weighted by atomic mass is 16.7. The second-order valence-corrected chi connectivity index (χ2v) is 14.5. The minimum atomic E-state index is -1.30. The lowest BCUT2D eigenvalue weighted by Gasteiger charge is -2.58. The number of hydrogen-bond acceptors (Lipinski definition) is 6. The second-order valence-electron chi connectivity index (χ2n) is 14.5. The van der Waals surface area contributed by atoms with Crippen molar-refractivity contribution < 1.29 is 29.9 Å². The summed E-state index contributed by atoms with van der Waals surface area (Å²) in [5, 5.41) is 42.4. The molecule has 11 atom stereocenters. The summed E-state index contributed by atoms with van der Waals surface area (Å²) in [5.74, 6) is 2.47. The van der Waals surface area contributed by atoms with Gasteiger partial charge in [-0.3, -0.25) is 0 Å². The Hall–Kier alpha value is -1.02.